The van der Waals surface area contributed by atoms with Gasteiger partial charge in [-0.25, -0.2) is 0 Å². The summed E-state index contributed by atoms with van der Waals surface area (Å²) in [6, 6.07) is 0. The zero-order valence-electron chi connectivity index (χ0n) is 5.71. The second kappa shape index (κ2) is 3.14. The maximum atomic E-state index is 9.49. The molecular formula is C5H3BBr2N2OS. The van der Waals surface area contributed by atoms with Crippen molar-refractivity contribution in [2.24, 2.45) is 5.10 Å². The van der Waals surface area contributed by atoms with Crippen LogP contribution in [0, 0.1) is 0 Å². The van der Waals surface area contributed by atoms with E-state index in [1.165, 1.54) is 0 Å². The van der Waals surface area contributed by atoms with Crippen LogP contribution in [0.2, 0.25) is 0 Å². The quantitative estimate of drug-likeness (QED) is 0.699. The van der Waals surface area contributed by atoms with Gasteiger partial charge in [0.25, 0.3) is 0 Å². The van der Waals surface area contributed by atoms with Gasteiger partial charge in [0.05, 0.1) is 10.0 Å². The van der Waals surface area contributed by atoms with Crippen molar-refractivity contribution in [3.8, 4) is 0 Å². The summed E-state index contributed by atoms with van der Waals surface area (Å²) < 4.78 is 1.87. The minimum atomic E-state index is -0.707. The predicted octanol–water partition coefficient (Wildman–Crippen LogP) is 0.898. The van der Waals surface area contributed by atoms with E-state index >= 15 is 0 Å². The molecule has 0 spiro atoms. The average molecular weight is 310 g/mol. The normalized spacial score (nSPS) is 14.4. The van der Waals surface area contributed by atoms with Crippen molar-refractivity contribution in [1.82, 2.24) is 5.34 Å². The van der Waals surface area contributed by atoms with Gasteiger partial charge in [0.2, 0.25) is 0 Å². The zero-order valence-corrected chi connectivity index (χ0v) is 9.70. The SMILES string of the molecule is OB1NN=Cc2sc(Br)c(Br)c21. The van der Waals surface area contributed by atoms with Gasteiger partial charge in [-0.3, -0.25) is 0 Å². The molecule has 2 N–H and O–H groups in total. The second-order valence-corrected chi connectivity index (χ2v) is 5.42. The van der Waals surface area contributed by atoms with Gasteiger partial charge in [-0.1, -0.05) is 0 Å². The van der Waals surface area contributed by atoms with E-state index < -0.39 is 7.05 Å². The molecule has 0 aliphatic carbocycles. The Kier molecular flexibility index (Phi) is 2.28. The van der Waals surface area contributed by atoms with Crippen molar-refractivity contribution >= 4 is 61.9 Å². The maximum Gasteiger partial charge on any atom is 0.466 e. The van der Waals surface area contributed by atoms with E-state index in [0.717, 1.165) is 18.6 Å². The van der Waals surface area contributed by atoms with Gasteiger partial charge in [0.1, 0.15) is 0 Å². The highest BCUT2D eigenvalue weighted by Gasteiger charge is 2.27. The van der Waals surface area contributed by atoms with E-state index in [4.69, 9.17) is 0 Å². The molecule has 0 saturated heterocycles. The van der Waals surface area contributed by atoms with Crippen LogP contribution in [0.25, 0.3) is 0 Å². The molecule has 1 aliphatic heterocycles. The maximum absolute atomic E-state index is 9.49. The Bertz CT molecular complexity index is 353. The summed E-state index contributed by atoms with van der Waals surface area (Å²) in [5.41, 5.74) is 0.849. The molecule has 2 heterocycles. The Balaban J connectivity index is 2.62. The van der Waals surface area contributed by atoms with Crippen LogP contribution in [-0.2, 0) is 0 Å². The molecule has 0 unspecified atom stereocenters. The second-order valence-electron chi connectivity index (χ2n) is 2.26. The lowest BCUT2D eigenvalue weighted by atomic mass is 9.75. The lowest BCUT2D eigenvalue weighted by Gasteiger charge is -2.09. The minimum absolute atomic E-state index is 0.707. The molecule has 1 aliphatic rings. The molecule has 7 heteroatoms. The number of hydrogen-bond donors (Lipinski definition) is 2. The van der Waals surface area contributed by atoms with Gasteiger partial charge in [0.15, 0.2) is 0 Å². The number of hydrogen-bond acceptors (Lipinski definition) is 4. The molecule has 0 bridgehead atoms. The number of thiophene rings is 1. The van der Waals surface area contributed by atoms with Crippen molar-refractivity contribution in [2.45, 2.75) is 0 Å². The summed E-state index contributed by atoms with van der Waals surface area (Å²) in [6.45, 7) is 0. The molecule has 0 atom stereocenters. The fourth-order valence-corrected chi connectivity index (χ4v) is 3.35. The fraction of sp³-hybridized carbons (Fsp3) is 0. The average Bonchev–Trinajstić information content (AvgIpc) is 2.29. The number of hydrazone groups is 1. The highest BCUT2D eigenvalue weighted by atomic mass is 79.9. The Labute approximate surface area is 90.3 Å². The largest absolute Gasteiger partial charge is 0.466 e. The first-order chi connectivity index (χ1) is 5.70. The topological polar surface area (TPSA) is 44.6 Å². The highest BCUT2D eigenvalue weighted by Crippen LogP contribution is 2.30. The van der Waals surface area contributed by atoms with Crippen LogP contribution in [0.4, 0.5) is 0 Å². The van der Waals surface area contributed by atoms with E-state index in [0.29, 0.717) is 0 Å². The number of rotatable bonds is 0. The summed E-state index contributed by atoms with van der Waals surface area (Å²) in [5, 5.41) is 15.9. The third-order valence-corrected chi connectivity index (χ3v) is 4.95. The summed E-state index contributed by atoms with van der Waals surface area (Å²) in [7, 11) is -0.707. The van der Waals surface area contributed by atoms with Crippen LogP contribution >= 0.6 is 43.2 Å². The monoisotopic (exact) mass is 308 g/mol. The van der Waals surface area contributed by atoms with Gasteiger partial charge in [0, 0.05) is 14.8 Å². The van der Waals surface area contributed by atoms with Crippen molar-refractivity contribution in [1.29, 1.82) is 0 Å². The third kappa shape index (κ3) is 1.24. The van der Waals surface area contributed by atoms with Gasteiger partial charge in [-0.15, -0.1) is 11.3 Å². The number of nitrogens with one attached hydrogen (secondary N) is 1. The molecule has 0 amide bonds. The molecule has 1 aromatic heterocycles. The molecule has 0 saturated carbocycles. The Morgan fingerprint density at radius 2 is 2.33 bits per heavy atom. The lowest BCUT2D eigenvalue weighted by molar-refractivity contribution is 0.565. The van der Waals surface area contributed by atoms with E-state index in [9.17, 15) is 5.02 Å². The van der Waals surface area contributed by atoms with Crippen LogP contribution in [0.5, 0.6) is 0 Å². The van der Waals surface area contributed by atoms with E-state index in [2.05, 4.69) is 42.3 Å². The van der Waals surface area contributed by atoms with Gasteiger partial charge >= 0.3 is 7.05 Å². The van der Waals surface area contributed by atoms with Crippen molar-refractivity contribution in [3.05, 3.63) is 13.1 Å². The fourth-order valence-electron chi connectivity index (χ4n) is 0.992. The molecule has 0 aromatic carbocycles. The summed E-state index contributed by atoms with van der Waals surface area (Å²) in [5.74, 6) is 0. The van der Waals surface area contributed by atoms with Gasteiger partial charge < -0.3 is 10.4 Å². The van der Waals surface area contributed by atoms with E-state index in [1.54, 1.807) is 17.6 Å². The Hall–Kier alpha value is 0.155. The molecule has 1 aromatic rings. The zero-order chi connectivity index (χ0) is 8.72. The number of halogens is 2. The van der Waals surface area contributed by atoms with Crippen molar-refractivity contribution in [3.63, 3.8) is 0 Å². The lowest BCUT2D eigenvalue weighted by Crippen LogP contribution is -2.46. The van der Waals surface area contributed by atoms with Crippen LogP contribution in [0.15, 0.2) is 13.4 Å². The third-order valence-electron chi connectivity index (χ3n) is 1.53. The highest BCUT2D eigenvalue weighted by molar-refractivity contribution is 9.13. The summed E-state index contributed by atoms with van der Waals surface area (Å²) >= 11 is 8.29. The molecule has 62 valence electrons. The summed E-state index contributed by atoms with van der Waals surface area (Å²) in [6.07, 6.45) is 1.70. The molecule has 0 fully saturated rings. The number of nitrogens with zero attached hydrogens (tertiary/aromatic N) is 1. The van der Waals surface area contributed by atoms with Crippen LogP contribution in [-0.4, -0.2) is 18.3 Å². The first kappa shape index (κ1) is 8.74. The van der Waals surface area contributed by atoms with Crippen molar-refractivity contribution < 1.29 is 5.02 Å². The van der Waals surface area contributed by atoms with Crippen molar-refractivity contribution in [2.75, 3.05) is 0 Å². The van der Waals surface area contributed by atoms with E-state index in [-0.39, 0.29) is 0 Å². The first-order valence-electron chi connectivity index (χ1n) is 3.14. The minimum Gasteiger partial charge on any atom is -0.428 e. The van der Waals surface area contributed by atoms with Crippen LogP contribution < -0.4 is 10.8 Å². The standard InChI is InChI=1S/C5H3BBr2N2OS/c7-4-3-2(12-5(4)8)1-9-10-6(3)11/h1,10-11H. The molecule has 2 rings (SSSR count). The predicted molar refractivity (Wildman–Crippen MR) is 58.1 cm³/mol. The molecule has 12 heavy (non-hydrogen) atoms. The number of fused-ring (bicyclic) bond motifs is 1. The Morgan fingerprint density at radius 3 is 3.00 bits per heavy atom. The smallest absolute Gasteiger partial charge is 0.428 e. The van der Waals surface area contributed by atoms with Crippen LogP contribution in [0.3, 0.4) is 0 Å². The van der Waals surface area contributed by atoms with Gasteiger partial charge in [-0.05, 0) is 31.9 Å². The molecule has 0 radical (unpaired) electrons. The van der Waals surface area contributed by atoms with Gasteiger partial charge in [-0.2, -0.15) is 5.10 Å². The summed E-state index contributed by atoms with van der Waals surface area (Å²) in [4.78, 5) is 0.972. The van der Waals surface area contributed by atoms with E-state index in [1.807, 2.05) is 0 Å². The molecular weight excluding hydrogens is 307 g/mol. The van der Waals surface area contributed by atoms with Crippen LogP contribution in [0.1, 0.15) is 4.88 Å². The molecule has 3 nitrogen and oxygen atoms in total. The first-order valence-corrected chi connectivity index (χ1v) is 5.54. The Morgan fingerprint density at radius 1 is 1.58 bits per heavy atom.